The van der Waals surface area contributed by atoms with Crippen LogP contribution in [0, 0.1) is 0 Å². The Bertz CT molecular complexity index is 1010. The molecule has 0 fully saturated rings. The first kappa shape index (κ1) is 26.7. The van der Waals surface area contributed by atoms with Crippen LogP contribution < -0.4 is 0 Å². The van der Waals surface area contributed by atoms with Crippen LogP contribution in [0.1, 0.15) is 20.7 Å². The van der Waals surface area contributed by atoms with Gasteiger partial charge in [0.15, 0.2) is 12.3 Å². The second kappa shape index (κ2) is 12.6. The van der Waals surface area contributed by atoms with E-state index in [4.69, 9.17) is 55.9 Å². The fourth-order valence-electron chi connectivity index (χ4n) is 2.37. The minimum absolute atomic E-state index is 0.0251. The van der Waals surface area contributed by atoms with Gasteiger partial charge in [-0.25, -0.2) is 14.0 Å². The molecular weight excluding hydrogens is 575 g/mol. The van der Waals surface area contributed by atoms with Gasteiger partial charge in [-0.3, -0.25) is 0 Å². The average molecular weight is 590 g/mol. The summed E-state index contributed by atoms with van der Waals surface area (Å²) in [7, 11) is 1.22. The molecule has 0 aliphatic heterocycles. The van der Waals surface area contributed by atoms with Crippen molar-refractivity contribution in [3.05, 3.63) is 67.6 Å². The van der Waals surface area contributed by atoms with Crippen molar-refractivity contribution in [2.45, 2.75) is 17.1 Å². The van der Waals surface area contributed by atoms with Crippen LogP contribution in [0.5, 0.6) is 0 Å². The molecule has 12 heteroatoms. The van der Waals surface area contributed by atoms with Gasteiger partial charge in [-0.2, -0.15) is 0 Å². The van der Waals surface area contributed by atoms with Crippen molar-refractivity contribution < 1.29 is 28.3 Å². The highest BCUT2D eigenvalue weighted by molar-refractivity contribution is 9.09. The highest BCUT2D eigenvalue weighted by Gasteiger charge is 2.33. The number of oxime groups is 1. The Morgan fingerprint density at radius 3 is 2.06 bits per heavy atom. The van der Waals surface area contributed by atoms with Crippen LogP contribution in [0.4, 0.5) is 4.39 Å². The van der Waals surface area contributed by atoms with Gasteiger partial charge in [-0.15, -0.1) is 0 Å². The zero-order chi connectivity index (χ0) is 23.8. The maximum Gasteiger partial charge on any atom is 0.340 e. The Morgan fingerprint density at radius 2 is 1.56 bits per heavy atom. The summed E-state index contributed by atoms with van der Waals surface area (Å²) in [6, 6.07) is 8.35. The van der Waals surface area contributed by atoms with Gasteiger partial charge in [-0.05, 0) is 36.4 Å². The van der Waals surface area contributed by atoms with Crippen molar-refractivity contribution in [2.24, 2.45) is 5.16 Å². The lowest BCUT2D eigenvalue weighted by Gasteiger charge is -2.24. The van der Waals surface area contributed by atoms with E-state index in [1.165, 1.54) is 43.5 Å². The molecule has 32 heavy (non-hydrogen) atoms. The monoisotopic (exact) mass is 587 g/mol. The number of benzene rings is 2. The molecule has 0 bridgehead atoms. The first-order valence-electron chi connectivity index (χ1n) is 8.77. The summed E-state index contributed by atoms with van der Waals surface area (Å²) in [6.45, 7) is -0.370. The van der Waals surface area contributed by atoms with Gasteiger partial charge in [-0.1, -0.05) is 67.5 Å². The molecule has 2 rings (SSSR count). The molecule has 0 spiro atoms. The largest absolute Gasteiger partial charge is 0.461 e. The van der Waals surface area contributed by atoms with E-state index in [2.05, 4.69) is 25.9 Å². The molecule has 0 saturated carbocycles. The Hall–Kier alpha value is -1.58. The minimum atomic E-state index is -1.91. The summed E-state index contributed by atoms with van der Waals surface area (Å²) >= 11 is 26.8. The molecular formula is C20H15BrCl4FNO5. The van der Waals surface area contributed by atoms with Crippen LogP contribution in [0.25, 0.3) is 0 Å². The van der Waals surface area contributed by atoms with E-state index in [0.29, 0.717) is 10.0 Å². The molecule has 0 aromatic heterocycles. The fourth-order valence-corrected chi connectivity index (χ4v) is 3.87. The number of rotatable bonds is 9. The number of hydrogen-bond donors (Lipinski definition) is 0. The molecule has 0 heterocycles. The van der Waals surface area contributed by atoms with Crippen molar-refractivity contribution >= 4 is 80.5 Å². The van der Waals surface area contributed by atoms with E-state index in [0.717, 1.165) is 6.21 Å². The lowest BCUT2D eigenvalue weighted by Crippen LogP contribution is -2.40. The van der Waals surface area contributed by atoms with Crippen LogP contribution >= 0.6 is 62.3 Å². The molecule has 0 aliphatic rings. The Morgan fingerprint density at radius 1 is 1.03 bits per heavy atom. The normalized spacial score (nSPS) is 14.0. The van der Waals surface area contributed by atoms with Crippen molar-refractivity contribution in [1.29, 1.82) is 0 Å². The minimum Gasteiger partial charge on any atom is -0.461 e. The van der Waals surface area contributed by atoms with Crippen molar-refractivity contribution in [1.82, 2.24) is 0 Å². The number of alkyl halides is 2. The second-order valence-corrected chi connectivity index (χ2v) is 8.98. The summed E-state index contributed by atoms with van der Waals surface area (Å²) < 4.78 is 25.2. The number of carbonyl (C=O) groups is 2. The molecule has 0 saturated heterocycles. The van der Waals surface area contributed by atoms with Gasteiger partial charge < -0.3 is 14.3 Å². The molecule has 2 aromatic rings. The predicted octanol–water partition coefficient (Wildman–Crippen LogP) is 6.42. The van der Waals surface area contributed by atoms with Crippen LogP contribution in [-0.2, 0) is 14.3 Å². The summed E-state index contributed by atoms with van der Waals surface area (Å²) in [4.78, 5) is 28.4. The molecule has 2 aromatic carbocycles. The summed E-state index contributed by atoms with van der Waals surface area (Å²) in [5.74, 6) is -1.69. The standard InChI is InChI=1S/C20H15BrCl4FNO5/c1-30-27-8-17(26)18(32-20(29)13-5-3-11(23)7-16(13)25)14(21)9-31-19(28)12-4-2-10(22)6-15(12)24/h2-8,14,17-18H,9H2,1H3/b27-8+/t14-,17+,18+/m0/s1. The van der Waals surface area contributed by atoms with E-state index in [-0.39, 0.29) is 27.8 Å². The van der Waals surface area contributed by atoms with Crippen LogP contribution in [0.3, 0.4) is 0 Å². The quantitative estimate of drug-likeness (QED) is 0.146. The summed E-state index contributed by atoms with van der Waals surface area (Å²) in [5.41, 5.74) is 0.0385. The maximum absolute atomic E-state index is 14.7. The maximum atomic E-state index is 14.7. The zero-order valence-electron chi connectivity index (χ0n) is 16.2. The number of hydrogen-bond acceptors (Lipinski definition) is 6. The summed E-state index contributed by atoms with van der Waals surface area (Å²) in [6.07, 6.45) is -2.57. The highest BCUT2D eigenvalue weighted by atomic mass is 79.9. The van der Waals surface area contributed by atoms with Crippen molar-refractivity contribution in [3.8, 4) is 0 Å². The lowest BCUT2D eigenvalue weighted by atomic mass is 10.1. The number of esters is 2. The molecule has 6 nitrogen and oxygen atoms in total. The smallest absolute Gasteiger partial charge is 0.340 e. The Labute approximate surface area is 211 Å². The van der Waals surface area contributed by atoms with Gasteiger partial charge in [0.05, 0.1) is 32.2 Å². The molecule has 0 amide bonds. The first-order valence-corrected chi connectivity index (χ1v) is 11.2. The Kier molecular flexibility index (Phi) is 10.5. The van der Waals surface area contributed by atoms with Gasteiger partial charge in [0.25, 0.3) is 0 Å². The number of nitrogens with zero attached hydrogens (tertiary/aromatic N) is 1. The third-order valence-electron chi connectivity index (χ3n) is 3.90. The van der Waals surface area contributed by atoms with Gasteiger partial charge in [0.2, 0.25) is 0 Å². The molecule has 0 N–H and O–H groups in total. The average Bonchev–Trinajstić information content (AvgIpc) is 2.73. The van der Waals surface area contributed by atoms with Crippen LogP contribution in [0.15, 0.2) is 41.6 Å². The molecule has 0 radical (unpaired) electrons. The molecule has 3 atom stereocenters. The van der Waals surface area contributed by atoms with Crippen molar-refractivity contribution in [2.75, 3.05) is 13.7 Å². The first-order chi connectivity index (χ1) is 15.1. The molecule has 0 unspecified atom stereocenters. The van der Waals surface area contributed by atoms with Crippen LogP contribution in [-0.4, -0.2) is 49.0 Å². The molecule has 0 aliphatic carbocycles. The number of halogens is 6. The summed E-state index contributed by atoms with van der Waals surface area (Å²) in [5, 5.41) is 4.12. The zero-order valence-corrected chi connectivity index (χ0v) is 20.8. The van der Waals surface area contributed by atoms with E-state index >= 15 is 0 Å². The Balaban J connectivity index is 2.15. The number of ether oxygens (including phenoxy) is 2. The molecule has 172 valence electrons. The fraction of sp³-hybridized carbons (Fsp3) is 0.250. The van der Waals surface area contributed by atoms with E-state index in [9.17, 15) is 14.0 Å². The topological polar surface area (TPSA) is 74.2 Å². The predicted molar refractivity (Wildman–Crippen MR) is 126 cm³/mol. The number of carbonyl (C=O) groups excluding carboxylic acids is 2. The lowest BCUT2D eigenvalue weighted by molar-refractivity contribution is 0.00848. The second-order valence-electron chi connectivity index (χ2n) is 6.11. The third-order valence-corrected chi connectivity index (χ3v) is 5.78. The van der Waals surface area contributed by atoms with E-state index in [1.54, 1.807) is 0 Å². The van der Waals surface area contributed by atoms with E-state index < -0.39 is 29.0 Å². The SMILES string of the molecule is CO/N=C/[C@@H](F)[C@H](OC(=O)c1ccc(Cl)cc1Cl)[C@@H](Br)COC(=O)c1ccc(Cl)cc1Cl. The third kappa shape index (κ3) is 7.49. The van der Waals surface area contributed by atoms with Gasteiger partial charge in [0, 0.05) is 10.0 Å². The van der Waals surface area contributed by atoms with Gasteiger partial charge >= 0.3 is 11.9 Å². The van der Waals surface area contributed by atoms with Gasteiger partial charge in [0.1, 0.15) is 13.7 Å². The van der Waals surface area contributed by atoms with Crippen molar-refractivity contribution in [3.63, 3.8) is 0 Å². The van der Waals surface area contributed by atoms with Crippen LogP contribution in [0.2, 0.25) is 20.1 Å². The van der Waals surface area contributed by atoms with E-state index in [1.807, 2.05) is 0 Å². The highest BCUT2D eigenvalue weighted by Crippen LogP contribution is 2.25.